The highest BCUT2D eigenvalue weighted by molar-refractivity contribution is 5.68. The number of carbonyl (C=O) groups excluding carboxylic acids is 1. The van der Waals surface area contributed by atoms with E-state index in [0.29, 0.717) is 13.1 Å². The molecule has 2 unspecified atom stereocenters. The minimum Gasteiger partial charge on any atom is -0.444 e. The second-order valence-electron chi connectivity index (χ2n) is 5.99. The van der Waals surface area contributed by atoms with E-state index >= 15 is 0 Å². The molecule has 0 N–H and O–H groups in total. The molecule has 0 bridgehead atoms. The maximum atomic E-state index is 11.9. The van der Waals surface area contributed by atoms with Gasteiger partial charge in [-0.15, -0.1) is 0 Å². The Morgan fingerprint density at radius 2 is 1.76 bits per heavy atom. The predicted octanol–water partition coefficient (Wildman–Crippen LogP) is 2.65. The summed E-state index contributed by atoms with van der Waals surface area (Å²) in [6, 6.07) is 2.33. The van der Waals surface area contributed by atoms with Crippen LogP contribution >= 0.6 is 0 Å². The molecule has 0 aromatic carbocycles. The van der Waals surface area contributed by atoms with Crippen molar-refractivity contribution in [2.45, 2.75) is 40.2 Å². The summed E-state index contributed by atoms with van der Waals surface area (Å²) in [6.07, 6.45) is -0.271. The van der Waals surface area contributed by atoms with Crippen LogP contribution in [-0.4, -0.2) is 29.7 Å². The quantitative estimate of drug-likeness (QED) is 0.652. The highest BCUT2D eigenvalue weighted by Crippen LogP contribution is 2.28. The van der Waals surface area contributed by atoms with Gasteiger partial charge in [-0.3, -0.25) is 0 Å². The predicted molar refractivity (Wildman–Crippen MR) is 65.2 cm³/mol. The number of nitriles is 1. The lowest BCUT2D eigenvalue weighted by molar-refractivity contribution is 0.00679. The van der Waals surface area contributed by atoms with Gasteiger partial charge in [0.05, 0.1) is 12.0 Å². The number of amides is 1. The Balaban J connectivity index is 2.64. The molecule has 96 valence electrons. The summed E-state index contributed by atoms with van der Waals surface area (Å²) in [5.41, 5.74) is -0.463. The van der Waals surface area contributed by atoms with E-state index in [1.807, 2.05) is 34.6 Å². The summed E-state index contributed by atoms with van der Waals surface area (Å²) in [6.45, 7) is 10.8. The Labute approximate surface area is 104 Å². The molecule has 4 nitrogen and oxygen atoms in total. The lowest BCUT2D eigenvalue weighted by Crippen LogP contribution is -2.48. The van der Waals surface area contributed by atoms with Crippen LogP contribution in [0.1, 0.15) is 34.6 Å². The van der Waals surface area contributed by atoms with Crippen molar-refractivity contribution in [3.8, 4) is 6.07 Å². The van der Waals surface area contributed by atoms with Crippen LogP contribution in [-0.2, 0) is 4.74 Å². The van der Waals surface area contributed by atoms with E-state index in [1.54, 1.807) is 4.90 Å². The third kappa shape index (κ3) is 3.62. The van der Waals surface area contributed by atoms with E-state index in [2.05, 4.69) is 6.07 Å². The zero-order chi connectivity index (χ0) is 13.2. The third-order valence-electron chi connectivity index (χ3n) is 3.04. The van der Waals surface area contributed by atoms with Crippen molar-refractivity contribution in [3.05, 3.63) is 0 Å². The lowest BCUT2D eigenvalue weighted by Gasteiger charge is -2.38. The van der Waals surface area contributed by atoms with Crippen LogP contribution in [0.4, 0.5) is 4.79 Å². The number of ether oxygens (including phenoxy) is 1. The van der Waals surface area contributed by atoms with Gasteiger partial charge in [0.1, 0.15) is 5.60 Å². The van der Waals surface area contributed by atoms with Crippen LogP contribution in [0.3, 0.4) is 0 Å². The summed E-state index contributed by atoms with van der Waals surface area (Å²) in [5.74, 6) is 0.446. The van der Waals surface area contributed by atoms with Crippen molar-refractivity contribution >= 4 is 6.09 Å². The van der Waals surface area contributed by atoms with Gasteiger partial charge in [0.25, 0.3) is 0 Å². The average Bonchev–Trinajstić information content (AvgIpc) is 2.14. The number of carbonyl (C=O) groups is 1. The van der Waals surface area contributed by atoms with Gasteiger partial charge in [0.15, 0.2) is 0 Å². The number of piperidine rings is 1. The van der Waals surface area contributed by atoms with Crippen molar-refractivity contribution in [2.75, 3.05) is 13.1 Å². The van der Waals surface area contributed by atoms with E-state index in [4.69, 9.17) is 10.00 Å². The molecule has 0 saturated carbocycles. The molecule has 0 aliphatic carbocycles. The van der Waals surface area contributed by atoms with Gasteiger partial charge < -0.3 is 9.64 Å². The van der Waals surface area contributed by atoms with Gasteiger partial charge in [-0.1, -0.05) is 13.8 Å². The minimum absolute atomic E-state index is 0.0358. The Kier molecular flexibility index (Phi) is 4.03. The molecule has 1 aliphatic heterocycles. The zero-order valence-electron chi connectivity index (χ0n) is 11.4. The summed E-state index contributed by atoms with van der Waals surface area (Å²) < 4.78 is 5.35. The fraction of sp³-hybridized carbons (Fsp3) is 0.846. The molecule has 1 aliphatic rings. The molecule has 1 fully saturated rings. The molecule has 1 saturated heterocycles. The number of likely N-dealkylation sites (tertiary alicyclic amines) is 1. The highest BCUT2D eigenvalue weighted by Gasteiger charge is 2.35. The Morgan fingerprint density at radius 3 is 2.12 bits per heavy atom. The third-order valence-corrected chi connectivity index (χ3v) is 3.04. The first-order valence-electron chi connectivity index (χ1n) is 6.12. The van der Waals surface area contributed by atoms with Crippen molar-refractivity contribution in [1.29, 1.82) is 5.26 Å². The largest absolute Gasteiger partial charge is 0.444 e. The van der Waals surface area contributed by atoms with Crippen molar-refractivity contribution in [1.82, 2.24) is 4.90 Å². The fourth-order valence-electron chi connectivity index (χ4n) is 2.29. The number of rotatable bonds is 0. The first-order chi connectivity index (χ1) is 7.74. The summed E-state index contributed by atoms with van der Waals surface area (Å²) in [7, 11) is 0. The fourth-order valence-corrected chi connectivity index (χ4v) is 2.29. The maximum Gasteiger partial charge on any atom is 0.410 e. The molecule has 1 rings (SSSR count). The van der Waals surface area contributed by atoms with Gasteiger partial charge in [0.2, 0.25) is 0 Å². The molecule has 1 heterocycles. The van der Waals surface area contributed by atoms with Crippen LogP contribution in [0, 0.1) is 29.1 Å². The van der Waals surface area contributed by atoms with Gasteiger partial charge in [-0.2, -0.15) is 5.26 Å². The standard InChI is InChI=1S/C13H22N2O2/c1-9-7-15(8-10(2)11(9)6-14)12(16)17-13(3,4)5/h9-11H,7-8H2,1-5H3. The maximum absolute atomic E-state index is 11.9. The topological polar surface area (TPSA) is 53.3 Å². The molecule has 0 radical (unpaired) electrons. The normalized spacial score (nSPS) is 29.6. The molecule has 1 amide bonds. The van der Waals surface area contributed by atoms with E-state index in [1.165, 1.54) is 0 Å². The van der Waals surface area contributed by atoms with E-state index in [-0.39, 0.29) is 23.8 Å². The van der Waals surface area contributed by atoms with Crippen LogP contribution in [0.5, 0.6) is 0 Å². The molecular weight excluding hydrogens is 216 g/mol. The number of hydrogen-bond donors (Lipinski definition) is 0. The summed E-state index contributed by atoms with van der Waals surface area (Å²) in [4.78, 5) is 13.6. The number of nitrogens with zero attached hydrogens (tertiary/aromatic N) is 2. The van der Waals surface area contributed by atoms with Crippen LogP contribution < -0.4 is 0 Å². The molecule has 0 spiro atoms. The van der Waals surface area contributed by atoms with Crippen LogP contribution in [0.15, 0.2) is 0 Å². The minimum atomic E-state index is -0.463. The second-order valence-corrected chi connectivity index (χ2v) is 5.99. The van der Waals surface area contributed by atoms with E-state index < -0.39 is 5.60 Å². The second kappa shape index (κ2) is 4.95. The lowest BCUT2D eigenvalue weighted by atomic mass is 9.81. The van der Waals surface area contributed by atoms with Gasteiger partial charge in [0, 0.05) is 13.1 Å². The van der Waals surface area contributed by atoms with E-state index in [9.17, 15) is 4.79 Å². The Bertz CT molecular complexity index is 315. The van der Waals surface area contributed by atoms with Crippen molar-refractivity contribution in [2.24, 2.45) is 17.8 Å². The monoisotopic (exact) mass is 238 g/mol. The SMILES string of the molecule is CC1CN(C(=O)OC(C)(C)C)CC(C)C1C#N. The molecule has 17 heavy (non-hydrogen) atoms. The first-order valence-corrected chi connectivity index (χ1v) is 6.12. The first kappa shape index (κ1) is 13.8. The summed E-state index contributed by atoms with van der Waals surface area (Å²) in [5, 5.41) is 9.06. The molecule has 0 aromatic rings. The van der Waals surface area contributed by atoms with Crippen molar-refractivity contribution < 1.29 is 9.53 Å². The number of hydrogen-bond acceptors (Lipinski definition) is 3. The molecule has 4 heteroatoms. The smallest absolute Gasteiger partial charge is 0.410 e. The Hall–Kier alpha value is -1.24. The highest BCUT2D eigenvalue weighted by atomic mass is 16.6. The molecule has 0 aromatic heterocycles. The van der Waals surface area contributed by atoms with Crippen molar-refractivity contribution in [3.63, 3.8) is 0 Å². The van der Waals surface area contributed by atoms with Gasteiger partial charge in [-0.25, -0.2) is 4.79 Å². The Morgan fingerprint density at radius 1 is 1.29 bits per heavy atom. The van der Waals surface area contributed by atoms with Crippen LogP contribution in [0.25, 0.3) is 0 Å². The van der Waals surface area contributed by atoms with Gasteiger partial charge in [-0.05, 0) is 32.6 Å². The molecule has 2 atom stereocenters. The van der Waals surface area contributed by atoms with E-state index in [0.717, 1.165) is 0 Å². The average molecular weight is 238 g/mol. The van der Waals surface area contributed by atoms with Crippen LogP contribution in [0.2, 0.25) is 0 Å². The van der Waals surface area contributed by atoms with Gasteiger partial charge >= 0.3 is 6.09 Å². The summed E-state index contributed by atoms with van der Waals surface area (Å²) >= 11 is 0. The zero-order valence-corrected chi connectivity index (χ0v) is 11.4. The molecular formula is C13H22N2O2.